The minimum Gasteiger partial charge on any atom is -0.490 e. The van der Waals surface area contributed by atoms with Crippen LogP contribution in [0.5, 0.6) is 5.75 Å². The normalized spacial score (nSPS) is 15.1. The molecule has 0 saturated carbocycles. The lowest BCUT2D eigenvalue weighted by Crippen LogP contribution is -2.04. The Morgan fingerprint density at radius 2 is 1.27 bits per heavy atom. The van der Waals surface area contributed by atoms with Gasteiger partial charge in [0.15, 0.2) is 23.2 Å². The lowest BCUT2D eigenvalue weighted by atomic mass is 9.86. The molecule has 0 fully saturated rings. The van der Waals surface area contributed by atoms with Gasteiger partial charge >= 0.3 is 0 Å². The molecular formula is C35H38F4O. The zero-order chi connectivity index (χ0) is 28.5. The second-order valence-electron chi connectivity index (χ2n) is 10.6. The molecule has 3 aromatic rings. The molecule has 1 aliphatic rings. The maximum atomic E-state index is 15.1. The molecule has 4 rings (SSSR count). The van der Waals surface area contributed by atoms with E-state index in [1.54, 1.807) is 36.4 Å². The van der Waals surface area contributed by atoms with E-state index in [9.17, 15) is 8.78 Å². The van der Waals surface area contributed by atoms with Gasteiger partial charge in [0.1, 0.15) is 0 Å². The smallest absolute Gasteiger partial charge is 0.201 e. The van der Waals surface area contributed by atoms with Crippen LogP contribution < -0.4 is 4.74 Å². The summed E-state index contributed by atoms with van der Waals surface area (Å²) in [4.78, 5) is 0. The molecule has 0 aliphatic heterocycles. The number of hydrogen-bond acceptors (Lipinski definition) is 1. The van der Waals surface area contributed by atoms with E-state index in [4.69, 9.17) is 4.74 Å². The van der Waals surface area contributed by atoms with E-state index in [1.807, 2.05) is 12.2 Å². The fraction of sp³-hybridized carbons (Fsp3) is 0.371. The molecule has 0 radical (unpaired) electrons. The first kappa shape index (κ1) is 29.6. The Morgan fingerprint density at radius 1 is 0.725 bits per heavy atom. The fourth-order valence-electron chi connectivity index (χ4n) is 5.27. The molecule has 3 aromatic carbocycles. The molecular weight excluding hydrogens is 512 g/mol. The van der Waals surface area contributed by atoms with Gasteiger partial charge in [-0.15, -0.1) is 6.58 Å². The van der Waals surface area contributed by atoms with Crippen LogP contribution in [-0.2, 0) is 0 Å². The van der Waals surface area contributed by atoms with Gasteiger partial charge in [0.25, 0.3) is 0 Å². The van der Waals surface area contributed by atoms with Crippen LogP contribution >= 0.6 is 0 Å². The first-order valence-corrected chi connectivity index (χ1v) is 14.5. The second kappa shape index (κ2) is 14.3. The summed E-state index contributed by atoms with van der Waals surface area (Å²) >= 11 is 0. The van der Waals surface area contributed by atoms with Crippen LogP contribution in [0.4, 0.5) is 17.6 Å². The Labute approximate surface area is 235 Å². The largest absolute Gasteiger partial charge is 0.490 e. The maximum absolute atomic E-state index is 15.1. The molecule has 1 atom stereocenters. The Hall–Kier alpha value is -3.34. The van der Waals surface area contributed by atoms with Gasteiger partial charge in [0.05, 0.1) is 6.61 Å². The average Bonchev–Trinajstić information content (AvgIpc) is 2.98. The van der Waals surface area contributed by atoms with Crippen LogP contribution in [0.25, 0.3) is 27.8 Å². The highest BCUT2D eigenvalue weighted by Gasteiger charge is 2.21. The first-order chi connectivity index (χ1) is 19.4. The minimum atomic E-state index is -1.02. The van der Waals surface area contributed by atoms with E-state index >= 15 is 8.78 Å². The van der Waals surface area contributed by atoms with Crippen molar-refractivity contribution in [1.82, 2.24) is 0 Å². The van der Waals surface area contributed by atoms with Gasteiger partial charge in [-0.25, -0.2) is 13.2 Å². The number of ether oxygens (including phenoxy) is 1. The monoisotopic (exact) mass is 550 g/mol. The number of halogens is 4. The molecule has 40 heavy (non-hydrogen) atoms. The van der Waals surface area contributed by atoms with Gasteiger partial charge in [-0.05, 0) is 60.4 Å². The number of unbranched alkanes of at least 4 members (excludes halogenated alkanes) is 6. The SMILES string of the molecule is C=CC1CC=C(c2ccc(-c3ccc(-c4ccc(OCCCCCCCCC)c(F)c4F)cc3)c(F)c2F)CC1. The molecule has 1 unspecified atom stereocenters. The van der Waals surface area contributed by atoms with Crippen molar-refractivity contribution in [2.75, 3.05) is 6.61 Å². The van der Waals surface area contributed by atoms with Gasteiger partial charge in [0, 0.05) is 16.7 Å². The van der Waals surface area contributed by atoms with Crippen molar-refractivity contribution in [1.29, 1.82) is 0 Å². The number of rotatable bonds is 13. The highest BCUT2D eigenvalue weighted by molar-refractivity contribution is 5.74. The van der Waals surface area contributed by atoms with Gasteiger partial charge < -0.3 is 4.74 Å². The van der Waals surface area contributed by atoms with Crippen LogP contribution in [0.2, 0.25) is 0 Å². The van der Waals surface area contributed by atoms with Crippen molar-refractivity contribution >= 4 is 5.57 Å². The molecule has 0 aromatic heterocycles. The quantitative estimate of drug-likeness (QED) is 0.117. The summed E-state index contributed by atoms with van der Waals surface area (Å²) in [5.74, 6) is -3.54. The van der Waals surface area contributed by atoms with E-state index in [1.165, 1.54) is 37.8 Å². The molecule has 0 heterocycles. The van der Waals surface area contributed by atoms with Crippen molar-refractivity contribution in [2.24, 2.45) is 5.92 Å². The van der Waals surface area contributed by atoms with Crippen LogP contribution in [0.1, 0.15) is 76.7 Å². The molecule has 0 bridgehead atoms. The number of benzene rings is 3. The Balaban J connectivity index is 1.42. The van der Waals surface area contributed by atoms with Crippen molar-refractivity contribution < 1.29 is 22.3 Å². The zero-order valence-electron chi connectivity index (χ0n) is 23.3. The van der Waals surface area contributed by atoms with Crippen LogP contribution in [-0.4, -0.2) is 6.61 Å². The van der Waals surface area contributed by atoms with E-state index in [-0.39, 0.29) is 22.4 Å². The summed E-state index contributed by atoms with van der Waals surface area (Å²) < 4.78 is 65.3. The first-order valence-electron chi connectivity index (χ1n) is 14.5. The topological polar surface area (TPSA) is 9.23 Å². The van der Waals surface area contributed by atoms with Gasteiger partial charge in [0.2, 0.25) is 5.82 Å². The van der Waals surface area contributed by atoms with E-state index in [2.05, 4.69) is 13.5 Å². The molecule has 1 aliphatic carbocycles. The third-order valence-electron chi connectivity index (χ3n) is 7.77. The predicted octanol–water partition coefficient (Wildman–Crippen LogP) is 11.1. The summed E-state index contributed by atoms with van der Waals surface area (Å²) in [6.07, 6.45) is 13.9. The van der Waals surface area contributed by atoms with Gasteiger partial charge in [-0.3, -0.25) is 0 Å². The Kier molecular flexibility index (Phi) is 10.6. The highest BCUT2D eigenvalue weighted by Crippen LogP contribution is 2.36. The fourth-order valence-corrected chi connectivity index (χ4v) is 5.27. The summed E-state index contributed by atoms with van der Waals surface area (Å²) in [5.41, 5.74) is 2.17. The molecule has 0 spiro atoms. The van der Waals surface area contributed by atoms with E-state index < -0.39 is 23.3 Å². The lowest BCUT2D eigenvalue weighted by molar-refractivity contribution is 0.285. The standard InChI is InChI=1S/C35H38F4O/c1-3-5-6-7-8-9-10-23-40-31-22-21-30(34(38)35(31)39)27-17-15-26(16-18-27)29-20-19-28(32(36)33(29)37)25-13-11-24(4-2)12-14-25/h4,13,15-22,24H,2-3,5-12,14,23H2,1H3. The summed E-state index contributed by atoms with van der Waals surface area (Å²) in [7, 11) is 0. The molecule has 1 nitrogen and oxygen atoms in total. The average molecular weight is 551 g/mol. The Morgan fingerprint density at radius 3 is 1.88 bits per heavy atom. The molecule has 212 valence electrons. The maximum Gasteiger partial charge on any atom is 0.201 e. The summed E-state index contributed by atoms with van der Waals surface area (Å²) in [6, 6.07) is 12.4. The molecule has 0 N–H and O–H groups in total. The third kappa shape index (κ3) is 7.04. The van der Waals surface area contributed by atoms with Crippen molar-refractivity contribution in [2.45, 2.75) is 71.1 Å². The van der Waals surface area contributed by atoms with Crippen LogP contribution in [0.15, 0.2) is 67.3 Å². The van der Waals surface area contributed by atoms with Crippen LogP contribution in [0.3, 0.4) is 0 Å². The van der Waals surface area contributed by atoms with Crippen molar-refractivity contribution in [3.05, 3.63) is 96.1 Å². The molecule has 0 amide bonds. The van der Waals surface area contributed by atoms with Crippen molar-refractivity contribution in [3.8, 4) is 28.0 Å². The lowest BCUT2D eigenvalue weighted by Gasteiger charge is -2.20. The third-order valence-corrected chi connectivity index (χ3v) is 7.77. The van der Waals surface area contributed by atoms with Gasteiger partial charge in [-0.1, -0.05) is 94.0 Å². The van der Waals surface area contributed by atoms with Crippen LogP contribution in [0, 0.1) is 29.2 Å². The molecule has 5 heteroatoms. The zero-order valence-corrected chi connectivity index (χ0v) is 23.3. The second-order valence-corrected chi connectivity index (χ2v) is 10.6. The summed E-state index contributed by atoms with van der Waals surface area (Å²) in [6.45, 7) is 6.33. The highest BCUT2D eigenvalue weighted by atomic mass is 19.2. The van der Waals surface area contributed by atoms with E-state index in [0.717, 1.165) is 37.7 Å². The minimum absolute atomic E-state index is 0.0800. The predicted molar refractivity (Wildman–Crippen MR) is 156 cm³/mol. The van der Waals surface area contributed by atoms with Crippen molar-refractivity contribution in [3.63, 3.8) is 0 Å². The Bertz CT molecular complexity index is 1330. The summed E-state index contributed by atoms with van der Waals surface area (Å²) in [5, 5.41) is 0. The molecule has 0 saturated heterocycles. The van der Waals surface area contributed by atoms with Gasteiger partial charge in [-0.2, -0.15) is 4.39 Å². The number of hydrogen-bond donors (Lipinski definition) is 0. The van der Waals surface area contributed by atoms with E-state index in [0.29, 0.717) is 30.1 Å². The number of allylic oxidation sites excluding steroid dienone is 3.